The second-order valence-corrected chi connectivity index (χ2v) is 26.5. The second kappa shape index (κ2) is 32.2. The number of aliphatic hydroxyl groups excluding tert-OH is 6. The van der Waals surface area contributed by atoms with Crippen molar-refractivity contribution in [2.75, 3.05) is 40.1 Å². The van der Waals surface area contributed by atoms with Crippen molar-refractivity contribution in [2.45, 2.75) is 141 Å². The molecule has 0 radical (unpaired) electrons. The van der Waals surface area contributed by atoms with Gasteiger partial charge in [-0.05, 0) is 0 Å². The largest absolute Gasteiger partial charge is 0.735 e. The number of carbonyl (C=O) groups excluding carboxylic acids is 2. The zero-order valence-electron chi connectivity index (χ0n) is 43.3. The first kappa shape index (κ1) is 80.6. The van der Waals surface area contributed by atoms with Crippen molar-refractivity contribution >= 4 is 94.8 Å². The summed E-state index contributed by atoms with van der Waals surface area (Å²) in [5.41, 5.74) is 0. The first-order chi connectivity index (χ1) is 40.2. The molecule has 5 fully saturated rings. The van der Waals surface area contributed by atoms with Crippen molar-refractivity contribution in [1.29, 1.82) is 0 Å². The molecule has 21 atom stereocenters. The number of nitrogens with one attached hydrogen (secondary N) is 3. The second-order valence-electron chi connectivity index (χ2n) is 17.9. The molecule has 5 aliphatic heterocycles. The van der Waals surface area contributed by atoms with E-state index in [9.17, 15) is 154 Å². The van der Waals surface area contributed by atoms with Gasteiger partial charge >= 0.3 is 0 Å². The van der Waals surface area contributed by atoms with Crippen LogP contribution < -0.4 is 24.4 Å². The summed E-state index contributed by atoms with van der Waals surface area (Å²) in [6, 6.07) is -5.85. The Balaban J connectivity index is 0.000000365. The minimum Gasteiger partial charge on any atom is -0.735 e. The SMILES string of the molecule is COC1OC(COS(=O)(=O)[O-])CC(O)C1NS(=O)(=O)[O-].O=C([O-])C1OCC(O)C(O)C1OC1OC(COS(=O)(=O)[O-])C(O)C(O)C1NS(=O)(=O)[O-].O=C([O-])C1OCC(OS(=O)(=O)[O-])C(O)C1OC1OC(COS(=O)(=O)[O-])CC(OS(=O)(=O)[O-])C1NS(=O)(=O)[O-]. The molecule has 0 bridgehead atoms. The molecule has 0 spiro atoms. The molecule has 0 aromatic carbocycles. The first-order valence-corrected chi connectivity index (χ1v) is 33.9. The van der Waals surface area contributed by atoms with E-state index < -0.39 is 263 Å². The number of carboxylic acids is 2. The summed E-state index contributed by atoms with van der Waals surface area (Å²) in [5, 5.41) is 82.7. The molecule has 0 aliphatic carbocycles. The highest BCUT2D eigenvalue weighted by Gasteiger charge is 2.52. The van der Waals surface area contributed by atoms with Crippen molar-refractivity contribution in [2.24, 2.45) is 0 Å². The fourth-order valence-corrected chi connectivity index (χ4v) is 11.7. The lowest BCUT2D eigenvalue weighted by molar-refractivity contribution is -0.344. The molecule has 5 saturated heterocycles. The van der Waals surface area contributed by atoms with Gasteiger partial charge < -0.3 is 125 Å². The predicted molar refractivity (Wildman–Crippen MR) is 243 cm³/mol. The Morgan fingerprint density at radius 3 is 1.28 bits per heavy atom. The fraction of sp³-hybridized carbons (Fsp3) is 0.935. The Bertz CT molecular complexity index is 3300. The summed E-state index contributed by atoms with van der Waals surface area (Å²) in [7, 11) is -41.6. The lowest BCUT2D eigenvalue weighted by atomic mass is 9.96. The lowest BCUT2D eigenvalue weighted by Gasteiger charge is -2.46. The van der Waals surface area contributed by atoms with E-state index in [0.29, 0.717) is 0 Å². The molecule has 0 saturated carbocycles. The third-order valence-corrected chi connectivity index (χ3v) is 15.4. The van der Waals surface area contributed by atoms with Crippen LogP contribution in [0.3, 0.4) is 0 Å². The molecule has 9 N–H and O–H groups in total. The maximum Gasteiger partial charge on any atom is 0.218 e. The molecule has 5 aliphatic rings. The molecule has 5 rings (SSSR count). The monoisotopic (exact) mass is 1470 g/mol. The number of aliphatic carboxylic acids is 2. The molecule has 58 heteroatoms. The van der Waals surface area contributed by atoms with E-state index in [1.54, 1.807) is 4.72 Å². The fourth-order valence-electron chi connectivity index (χ4n) is 8.00. The van der Waals surface area contributed by atoms with Gasteiger partial charge in [-0.2, -0.15) is 0 Å². The zero-order chi connectivity index (χ0) is 68.5. The smallest absolute Gasteiger partial charge is 0.218 e. The van der Waals surface area contributed by atoms with Gasteiger partial charge in [0.05, 0.1) is 81.5 Å². The van der Waals surface area contributed by atoms with Gasteiger partial charge in [-0.1, -0.05) is 0 Å². The number of hydrogen-bond donors (Lipinski definition) is 9. The van der Waals surface area contributed by atoms with Crippen LogP contribution in [0.5, 0.6) is 0 Å². The molecular weight excluding hydrogens is 1420 g/mol. The summed E-state index contributed by atoms with van der Waals surface area (Å²) in [4.78, 5) is 22.7. The van der Waals surface area contributed by atoms with E-state index >= 15 is 0 Å². The minimum atomic E-state index is -5.72. The Kier molecular flexibility index (Phi) is 29.1. The van der Waals surface area contributed by atoms with Crippen LogP contribution in [0.25, 0.3) is 0 Å². The summed E-state index contributed by atoms with van der Waals surface area (Å²) in [6.07, 6.45) is -37.0. The highest BCUT2D eigenvalue weighted by molar-refractivity contribution is 7.84. The Hall–Kier alpha value is -2.66. The van der Waals surface area contributed by atoms with Crippen LogP contribution in [-0.4, -0.2) is 315 Å². The van der Waals surface area contributed by atoms with Crippen LogP contribution in [0.1, 0.15) is 12.8 Å². The van der Waals surface area contributed by atoms with Crippen molar-refractivity contribution in [3.63, 3.8) is 0 Å². The summed E-state index contributed by atoms with van der Waals surface area (Å²) < 4.78 is 324. The van der Waals surface area contributed by atoms with E-state index in [2.05, 4.69) is 20.9 Å². The van der Waals surface area contributed by atoms with Crippen LogP contribution in [0.2, 0.25) is 0 Å². The van der Waals surface area contributed by atoms with E-state index in [1.165, 1.54) is 9.44 Å². The summed E-state index contributed by atoms with van der Waals surface area (Å²) in [5.74, 6) is -4.08. The zero-order valence-corrected chi connectivity index (χ0v) is 49.8. The number of ether oxygens (including phenoxy) is 8. The molecule has 50 nitrogen and oxygen atoms in total. The predicted octanol–water partition coefficient (Wildman–Crippen LogP) is -17.8. The van der Waals surface area contributed by atoms with Crippen LogP contribution in [0.4, 0.5) is 0 Å². The topological polar surface area (TPSA) is 815 Å². The van der Waals surface area contributed by atoms with Gasteiger partial charge in [0.2, 0.25) is 52.0 Å². The van der Waals surface area contributed by atoms with Crippen molar-refractivity contribution in [3.8, 4) is 0 Å². The standard InChI is InChI=1S/C12H21NO21S4.C12H21NO16S2.C7H15NO10S2/c14-8-6(34-38(26,27)28)3-29-10(11(15)16)9(8)32-12-7(13-35(17,18)19)5(33-37(23,24)25)1-4(31-12)2-30-36(20,21)22;14-3-1-26-10(11(18)19)9(6(3)15)29-12-5(13-30(20,21)22)8(17)7(16)4(28-12)2-27-31(23,24)25;1-16-7-6(8-19(10,11)12)5(9)2-4(18-7)3-17-20(13,14)15/h4-10,12-14H,1-3H2,(H,15,16)(H,17,18,19)(H,20,21,22)(H,23,24,25)(H,26,27,28);3-10,12-17H,1-2H2,(H,18,19)(H,20,21,22)(H,23,24,25);4-9H,2-3H2,1H3,(H,10,11,12)(H,13,14,15)/p-10. The Labute approximate surface area is 501 Å². The maximum atomic E-state index is 11.5. The molecule has 5 heterocycles. The van der Waals surface area contributed by atoms with Crippen LogP contribution in [0, 0.1) is 0 Å². The van der Waals surface area contributed by atoms with Crippen molar-refractivity contribution in [1.82, 2.24) is 14.2 Å². The summed E-state index contributed by atoms with van der Waals surface area (Å²) >= 11 is 0. The molecular formula is C31H47N3O47S8-10. The molecule has 89 heavy (non-hydrogen) atoms. The third-order valence-electron chi connectivity index (χ3n) is 11.5. The van der Waals surface area contributed by atoms with Crippen molar-refractivity contribution in [3.05, 3.63) is 0 Å². The number of aliphatic hydroxyl groups is 6. The average molecular weight is 1470 g/mol. The quantitative estimate of drug-likeness (QED) is 0.0287. The third kappa shape index (κ3) is 28.5. The van der Waals surface area contributed by atoms with Gasteiger partial charge in [0, 0.05) is 20.0 Å². The number of carbonyl (C=O) groups is 2. The van der Waals surface area contributed by atoms with Gasteiger partial charge in [-0.25, -0.2) is 81.5 Å². The summed E-state index contributed by atoms with van der Waals surface area (Å²) in [6.45, 7) is -4.83. The molecule has 0 amide bonds. The maximum absolute atomic E-state index is 11.5. The van der Waals surface area contributed by atoms with Gasteiger partial charge in [-0.3, -0.25) is 20.9 Å². The van der Waals surface area contributed by atoms with E-state index in [-0.39, 0.29) is 6.42 Å². The normalized spacial score (nSPS) is 35.5. The van der Waals surface area contributed by atoms with Gasteiger partial charge in [0.1, 0.15) is 73.2 Å². The average Bonchev–Trinajstić information content (AvgIpc) is 1.40. The van der Waals surface area contributed by atoms with Gasteiger partial charge in [0.15, 0.2) is 49.8 Å². The van der Waals surface area contributed by atoms with Gasteiger partial charge in [-0.15, -0.1) is 0 Å². The van der Waals surface area contributed by atoms with Crippen molar-refractivity contribution < 1.29 is 213 Å². The molecule has 21 unspecified atom stereocenters. The molecule has 526 valence electrons. The van der Waals surface area contributed by atoms with Gasteiger partial charge in [0.25, 0.3) is 0 Å². The lowest BCUT2D eigenvalue weighted by Crippen LogP contribution is -2.67. The Morgan fingerprint density at radius 2 is 0.843 bits per heavy atom. The Morgan fingerprint density at radius 1 is 0.449 bits per heavy atom. The van der Waals surface area contributed by atoms with E-state index in [4.69, 9.17) is 37.9 Å². The number of hydrogen-bond acceptors (Lipinski definition) is 47. The molecule has 0 aromatic heterocycles. The first-order valence-electron chi connectivity index (χ1n) is 23.0. The van der Waals surface area contributed by atoms with E-state index in [1.807, 2.05) is 0 Å². The van der Waals surface area contributed by atoms with Crippen LogP contribution >= 0.6 is 0 Å². The highest BCUT2D eigenvalue weighted by Crippen LogP contribution is 2.32. The number of rotatable bonds is 26. The minimum absolute atomic E-state index is 0.261. The molecule has 0 aromatic rings. The number of carboxylic acid groups (broad SMARTS) is 2. The highest BCUT2D eigenvalue weighted by atomic mass is 32.3. The van der Waals surface area contributed by atoms with Crippen LogP contribution in [-0.2, 0) is 151 Å². The number of methoxy groups -OCH3 is 1. The van der Waals surface area contributed by atoms with Crippen LogP contribution in [0.15, 0.2) is 0 Å². The van der Waals surface area contributed by atoms with E-state index in [0.717, 1.165) is 7.11 Å².